The molecule has 1 heterocycles. The number of methoxy groups -OCH3 is 1. The van der Waals surface area contributed by atoms with Crippen LogP contribution in [0.3, 0.4) is 0 Å². The summed E-state index contributed by atoms with van der Waals surface area (Å²) in [5, 5.41) is 33.5. The van der Waals surface area contributed by atoms with Crippen LogP contribution < -0.4 is 15.4 Å². The van der Waals surface area contributed by atoms with Crippen molar-refractivity contribution in [1.29, 1.82) is 0 Å². The first-order valence-electron chi connectivity index (χ1n) is 22.3. The summed E-state index contributed by atoms with van der Waals surface area (Å²) in [5.74, 6) is -2.06. The molecule has 2 unspecified atom stereocenters. The monoisotopic (exact) mass is 1080 g/mol. The van der Waals surface area contributed by atoms with Gasteiger partial charge in [0.15, 0.2) is 0 Å². The molecular weight excluding hydrogens is 1020 g/mol. The molecule has 1 fully saturated rings. The van der Waals surface area contributed by atoms with Gasteiger partial charge >= 0.3 is 31.3 Å². The second-order valence-electron chi connectivity index (χ2n) is 15.9. The van der Waals surface area contributed by atoms with Crippen molar-refractivity contribution < 1.29 is 94.8 Å². The van der Waals surface area contributed by atoms with Gasteiger partial charge < -0.3 is 40.5 Å². The Kier molecular flexibility index (Phi) is 25.9. The lowest BCUT2D eigenvalue weighted by molar-refractivity contribution is -0.136. The lowest BCUT2D eigenvalue weighted by Crippen LogP contribution is -2.58. The summed E-state index contributed by atoms with van der Waals surface area (Å²) in [6.07, 6.45) is 0.256. The van der Waals surface area contributed by atoms with Crippen LogP contribution in [-0.4, -0.2) is 149 Å². The standard InChI is InChI=1S/C37H46F2N4O5.C5H6F6O6S2.C3H8O2/c1-5-13-42(14-6-2)36(46)28-17-24(3)16-27(21-28)35(45)41-32(20-26-18-29(38)22-30(39)19-26)34(44)33-37(47)43(15-7-12-40-33)23-25-8-10-31(48-4)11-9-25;6-4(7,8)18(12,13)16-2-1-3-17-19(14,15)5(9,10)11;4-2-1-3-5/h8-11,16-19,21-22,32-34,40,44H,5-7,12-15,20,23H2,1-4H3,(H,41,45);1-3H2;4-5H,1-3H2/t32-,33?,34?;;/m0../s1. The summed E-state index contributed by atoms with van der Waals surface area (Å²) >= 11 is 0. The zero-order valence-corrected chi connectivity index (χ0v) is 41.4. The number of alkyl halides is 6. The molecule has 0 spiro atoms. The van der Waals surface area contributed by atoms with Crippen molar-refractivity contribution in [1.82, 2.24) is 20.4 Å². The Hall–Kier alpha value is -5.03. The molecule has 0 bridgehead atoms. The number of carbonyl (C=O) groups excluding carboxylic acids is 3. The van der Waals surface area contributed by atoms with Crippen LogP contribution in [0.25, 0.3) is 0 Å². The Morgan fingerprint density at radius 2 is 1.35 bits per heavy atom. The number of aliphatic hydroxyl groups is 3. The van der Waals surface area contributed by atoms with E-state index in [1.54, 1.807) is 48.1 Å². The summed E-state index contributed by atoms with van der Waals surface area (Å²) in [6.45, 7) is 5.92. The summed E-state index contributed by atoms with van der Waals surface area (Å²) in [4.78, 5) is 44.5. The molecule has 27 heteroatoms. The van der Waals surface area contributed by atoms with Crippen molar-refractivity contribution in [2.24, 2.45) is 0 Å². The Morgan fingerprint density at radius 3 is 1.82 bits per heavy atom. The molecule has 1 saturated heterocycles. The number of nitrogens with zero attached hydrogens (tertiary/aromatic N) is 2. The highest BCUT2D eigenvalue weighted by Crippen LogP contribution is 2.26. The van der Waals surface area contributed by atoms with E-state index in [9.17, 15) is 71.4 Å². The number of ether oxygens (including phenoxy) is 1. The van der Waals surface area contributed by atoms with Gasteiger partial charge in [0.2, 0.25) is 5.91 Å². The van der Waals surface area contributed by atoms with Crippen LogP contribution >= 0.6 is 0 Å². The molecule has 3 amide bonds. The highest BCUT2D eigenvalue weighted by atomic mass is 32.2. The predicted octanol–water partition coefficient (Wildman–Crippen LogP) is 5.11. The van der Waals surface area contributed by atoms with Crippen molar-refractivity contribution in [2.75, 3.05) is 59.7 Å². The van der Waals surface area contributed by atoms with Crippen LogP contribution in [0.1, 0.15) is 83.4 Å². The van der Waals surface area contributed by atoms with Crippen LogP contribution in [0.5, 0.6) is 5.75 Å². The maximum atomic E-state index is 14.2. The Labute approximate surface area is 412 Å². The minimum Gasteiger partial charge on any atom is -0.497 e. The van der Waals surface area contributed by atoms with Gasteiger partial charge in [-0.05, 0) is 111 Å². The quantitative estimate of drug-likeness (QED) is 0.0381. The SMILES string of the molecule is CCCN(CCC)C(=O)c1cc(C)cc(C(=O)N[C@@H](Cc2cc(F)cc(F)c2)C(O)C2NCCCN(Cc3ccc(OC)cc3)C2=O)c1.O=S(=O)(OCCCOS(=O)(=O)C(F)(F)F)C(F)(F)F.OCCCO. The minimum absolute atomic E-state index is 0.0938. The fraction of sp³-hybridized carbons (Fsp3) is 0.533. The lowest BCUT2D eigenvalue weighted by atomic mass is 9.94. The molecule has 17 nitrogen and oxygen atoms in total. The van der Waals surface area contributed by atoms with E-state index in [0.29, 0.717) is 62.4 Å². The second-order valence-corrected chi connectivity index (χ2v) is 19.1. The molecule has 72 heavy (non-hydrogen) atoms. The molecule has 5 N–H and O–H groups in total. The lowest BCUT2D eigenvalue weighted by Gasteiger charge is -2.32. The molecule has 1 aliphatic heterocycles. The molecule has 406 valence electrons. The van der Waals surface area contributed by atoms with Crippen LogP contribution in [-0.2, 0) is 46.4 Å². The molecule has 3 aromatic rings. The molecule has 3 atom stereocenters. The number of aryl methyl sites for hydroxylation is 1. The number of amides is 3. The van der Waals surface area contributed by atoms with E-state index < -0.39 is 86.6 Å². The zero-order valence-electron chi connectivity index (χ0n) is 39.8. The Morgan fingerprint density at radius 1 is 0.819 bits per heavy atom. The summed E-state index contributed by atoms with van der Waals surface area (Å²) in [7, 11) is -10.2. The van der Waals surface area contributed by atoms with Gasteiger partial charge in [0.05, 0.1) is 32.5 Å². The van der Waals surface area contributed by atoms with Gasteiger partial charge in [-0.3, -0.25) is 22.7 Å². The molecule has 4 rings (SSSR count). The normalized spacial score (nSPS) is 15.2. The topological polar surface area (TPSA) is 238 Å². The summed E-state index contributed by atoms with van der Waals surface area (Å²) < 4.78 is 152. The number of hydrogen-bond donors (Lipinski definition) is 5. The van der Waals surface area contributed by atoms with Gasteiger partial charge in [-0.1, -0.05) is 26.0 Å². The first-order chi connectivity index (χ1) is 33.6. The fourth-order valence-corrected chi connectivity index (χ4v) is 7.64. The maximum Gasteiger partial charge on any atom is 0.523 e. The van der Waals surface area contributed by atoms with Gasteiger partial charge in [-0.2, -0.15) is 43.2 Å². The van der Waals surface area contributed by atoms with Crippen molar-refractivity contribution in [3.05, 3.63) is 100 Å². The molecular formula is C45H60F8N4O13S2. The van der Waals surface area contributed by atoms with Gasteiger partial charge in [0.1, 0.15) is 23.4 Å². The molecule has 0 saturated carbocycles. The Bertz CT molecular complexity index is 2340. The molecule has 3 aromatic carbocycles. The van der Waals surface area contributed by atoms with Crippen LogP contribution in [0.2, 0.25) is 0 Å². The smallest absolute Gasteiger partial charge is 0.497 e. The van der Waals surface area contributed by atoms with Crippen molar-refractivity contribution >= 4 is 38.0 Å². The Balaban J connectivity index is 0.000000614. The third-order valence-electron chi connectivity index (χ3n) is 10.0. The van der Waals surface area contributed by atoms with E-state index in [1.807, 2.05) is 26.0 Å². The molecule has 0 aromatic heterocycles. The second kappa shape index (κ2) is 29.6. The van der Waals surface area contributed by atoms with Gasteiger partial charge in [-0.25, -0.2) is 8.78 Å². The van der Waals surface area contributed by atoms with Gasteiger partial charge in [0.25, 0.3) is 11.8 Å². The molecule has 1 aliphatic rings. The van der Waals surface area contributed by atoms with Crippen molar-refractivity contribution in [2.45, 2.75) is 95.0 Å². The van der Waals surface area contributed by atoms with Crippen LogP contribution in [0.4, 0.5) is 35.1 Å². The van der Waals surface area contributed by atoms with E-state index in [0.717, 1.165) is 36.6 Å². The zero-order chi connectivity index (χ0) is 54.5. The highest BCUT2D eigenvalue weighted by molar-refractivity contribution is 7.87. The van der Waals surface area contributed by atoms with E-state index in [-0.39, 0.29) is 42.6 Å². The molecule has 0 radical (unpaired) electrons. The number of carbonyl (C=O) groups is 3. The van der Waals surface area contributed by atoms with Crippen molar-refractivity contribution in [3.63, 3.8) is 0 Å². The number of hydrogen-bond acceptors (Lipinski definition) is 14. The number of benzene rings is 3. The largest absolute Gasteiger partial charge is 0.523 e. The van der Waals surface area contributed by atoms with Crippen LogP contribution in [0.15, 0.2) is 60.7 Å². The van der Waals surface area contributed by atoms with E-state index in [2.05, 4.69) is 19.0 Å². The van der Waals surface area contributed by atoms with Crippen molar-refractivity contribution in [3.8, 4) is 5.75 Å². The molecule has 0 aliphatic carbocycles. The predicted molar refractivity (Wildman–Crippen MR) is 245 cm³/mol. The van der Waals surface area contributed by atoms with Crippen LogP contribution in [0, 0.1) is 18.6 Å². The van der Waals surface area contributed by atoms with E-state index in [1.165, 1.54) is 6.07 Å². The van der Waals surface area contributed by atoms with Gasteiger partial charge in [0, 0.05) is 56.6 Å². The maximum absolute atomic E-state index is 14.2. The third-order valence-corrected chi connectivity index (χ3v) is 12.1. The summed E-state index contributed by atoms with van der Waals surface area (Å²) in [6, 6.07) is 13.0. The number of halogens is 8. The fourth-order valence-electron chi connectivity index (χ4n) is 6.70. The first kappa shape index (κ1) is 63.1. The first-order valence-corrected chi connectivity index (χ1v) is 25.1. The average molecular weight is 1080 g/mol. The van der Waals surface area contributed by atoms with E-state index in [4.69, 9.17) is 14.9 Å². The summed E-state index contributed by atoms with van der Waals surface area (Å²) in [5.41, 5.74) is -9.03. The minimum atomic E-state index is -5.87. The van der Waals surface area contributed by atoms with Gasteiger partial charge in [-0.15, -0.1) is 0 Å². The highest BCUT2D eigenvalue weighted by Gasteiger charge is 2.48. The average Bonchev–Trinajstić information content (AvgIpc) is 3.47. The number of nitrogens with one attached hydrogen (secondary N) is 2. The number of rotatable bonds is 22. The number of aliphatic hydroxyl groups excluding tert-OH is 3. The third kappa shape index (κ3) is 20.5. The van der Waals surface area contributed by atoms with E-state index >= 15 is 0 Å².